The first-order chi connectivity index (χ1) is 13.1. The molecule has 10 nitrogen and oxygen atoms in total. The van der Waals surface area contributed by atoms with Crippen LogP contribution in [0, 0.1) is 0 Å². The molecule has 3 rings (SSSR count). The molecule has 1 atom stereocenters. The molecule has 1 aromatic rings. The van der Waals surface area contributed by atoms with E-state index in [4.69, 9.17) is 0 Å². The molecule has 28 heavy (non-hydrogen) atoms. The lowest BCUT2D eigenvalue weighted by Gasteiger charge is -2.37. The summed E-state index contributed by atoms with van der Waals surface area (Å²) in [6.45, 7) is 6.73. The van der Waals surface area contributed by atoms with Crippen molar-refractivity contribution in [1.82, 2.24) is 25.1 Å². The number of imide groups is 1. The van der Waals surface area contributed by atoms with Gasteiger partial charge in [-0.15, -0.1) is 0 Å². The largest absolute Gasteiger partial charge is 0.465 e. The van der Waals surface area contributed by atoms with Crippen LogP contribution in [0.25, 0.3) is 6.08 Å². The van der Waals surface area contributed by atoms with Crippen molar-refractivity contribution in [2.75, 3.05) is 25.0 Å². The van der Waals surface area contributed by atoms with Crippen LogP contribution in [0.3, 0.4) is 0 Å². The Labute approximate surface area is 162 Å². The Bertz CT molecular complexity index is 847. The fourth-order valence-corrected chi connectivity index (χ4v) is 3.53. The Balaban J connectivity index is 1.79. The number of hydrogen-bond donors (Lipinski definition) is 2. The van der Waals surface area contributed by atoms with Gasteiger partial charge in [0.15, 0.2) is 0 Å². The van der Waals surface area contributed by atoms with E-state index in [0.29, 0.717) is 31.2 Å². The molecule has 150 valence electrons. The van der Waals surface area contributed by atoms with Crippen LogP contribution < -0.4 is 10.2 Å². The summed E-state index contributed by atoms with van der Waals surface area (Å²) in [6.07, 6.45) is 2.84. The Morgan fingerprint density at radius 1 is 1.39 bits per heavy atom. The Morgan fingerprint density at radius 3 is 2.68 bits per heavy atom. The van der Waals surface area contributed by atoms with E-state index in [-0.39, 0.29) is 11.7 Å². The van der Waals surface area contributed by atoms with Crippen LogP contribution in [0.15, 0.2) is 18.0 Å². The fourth-order valence-electron chi connectivity index (χ4n) is 3.53. The van der Waals surface area contributed by atoms with Gasteiger partial charge in [0.2, 0.25) is 5.95 Å². The van der Waals surface area contributed by atoms with Gasteiger partial charge in [-0.05, 0) is 39.3 Å². The molecule has 0 saturated carbocycles. The molecular weight excluding hydrogens is 364 g/mol. The first kappa shape index (κ1) is 19.6. The van der Waals surface area contributed by atoms with E-state index in [1.165, 1.54) is 22.9 Å². The number of nitrogens with one attached hydrogen (secondary N) is 1. The van der Waals surface area contributed by atoms with Crippen molar-refractivity contribution < 1.29 is 19.5 Å². The number of carbonyl (C=O) groups excluding carboxylic acids is 2. The predicted octanol–water partition coefficient (Wildman–Crippen LogP) is 1.36. The maximum atomic E-state index is 11.9. The lowest BCUT2D eigenvalue weighted by atomic mass is 10.0. The van der Waals surface area contributed by atoms with Gasteiger partial charge in [0.1, 0.15) is 5.70 Å². The Morgan fingerprint density at radius 2 is 2.11 bits per heavy atom. The number of carboxylic acid groups (broad SMARTS) is 1. The maximum absolute atomic E-state index is 11.9. The van der Waals surface area contributed by atoms with Gasteiger partial charge < -0.3 is 10.0 Å². The first-order valence-electron chi connectivity index (χ1n) is 8.99. The highest BCUT2D eigenvalue weighted by atomic mass is 16.4. The van der Waals surface area contributed by atoms with E-state index < -0.39 is 23.6 Å². The van der Waals surface area contributed by atoms with Crippen molar-refractivity contribution in [1.29, 1.82) is 0 Å². The summed E-state index contributed by atoms with van der Waals surface area (Å²) >= 11 is 0. The van der Waals surface area contributed by atoms with E-state index in [9.17, 15) is 19.5 Å². The van der Waals surface area contributed by atoms with E-state index >= 15 is 0 Å². The number of amides is 4. The number of nitrogens with zero attached hydrogens (tertiary/aromatic N) is 5. The van der Waals surface area contributed by atoms with Gasteiger partial charge in [-0.1, -0.05) is 0 Å². The lowest BCUT2D eigenvalue weighted by molar-refractivity contribution is -0.115. The highest BCUT2D eigenvalue weighted by Gasteiger charge is 2.38. The molecular formula is C18H24N6O4. The van der Waals surface area contributed by atoms with Crippen LogP contribution >= 0.6 is 0 Å². The average Bonchev–Trinajstić information content (AvgIpc) is 3.14. The molecule has 2 N–H and O–H groups in total. The van der Waals surface area contributed by atoms with Gasteiger partial charge in [0.05, 0.1) is 11.7 Å². The second-order valence-electron chi connectivity index (χ2n) is 7.84. The lowest BCUT2D eigenvalue weighted by Crippen LogP contribution is -2.52. The van der Waals surface area contributed by atoms with Crippen LogP contribution in [0.1, 0.15) is 32.9 Å². The molecule has 0 aromatic carbocycles. The van der Waals surface area contributed by atoms with E-state index in [1.807, 2.05) is 25.7 Å². The van der Waals surface area contributed by atoms with Gasteiger partial charge >= 0.3 is 12.1 Å². The van der Waals surface area contributed by atoms with Crippen LogP contribution in [0.5, 0.6) is 0 Å². The predicted molar refractivity (Wildman–Crippen MR) is 102 cm³/mol. The van der Waals surface area contributed by atoms with Gasteiger partial charge in [0, 0.05) is 31.9 Å². The Hall–Kier alpha value is -3.17. The normalized spacial score (nSPS) is 21.4. The van der Waals surface area contributed by atoms with Crippen molar-refractivity contribution in [2.45, 2.75) is 38.8 Å². The number of hydrogen-bond acceptors (Lipinski definition) is 6. The molecule has 2 saturated heterocycles. The SMILES string of the molecule is CN1C(=O)NC(=O)C1=Cc1ccnc(N2CCC(N(C(=O)O)C(C)(C)C)C2)n1. The molecule has 2 fully saturated rings. The molecule has 0 radical (unpaired) electrons. The van der Waals surface area contributed by atoms with Crippen molar-refractivity contribution in [3.8, 4) is 0 Å². The first-order valence-corrected chi connectivity index (χ1v) is 8.99. The summed E-state index contributed by atoms with van der Waals surface area (Å²) in [5, 5.41) is 11.8. The van der Waals surface area contributed by atoms with Crippen molar-refractivity contribution in [3.63, 3.8) is 0 Å². The Kier molecular flexibility index (Phi) is 4.97. The minimum atomic E-state index is -0.946. The molecule has 2 aliphatic rings. The van der Waals surface area contributed by atoms with Gasteiger partial charge in [0.25, 0.3) is 5.91 Å². The average molecular weight is 388 g/mol. The van der Waals surface area contributed by atoms with E-state index in [0.717, 1.165) is 0 Å². The third-order valence-corrected chi connectivity index (χ3v) is 4.81. The van der Waals surface area contributed by atoms with Gasteiger partial charge in [-0.2, -0.15) is 0 Å². The third kappa shape index (κ3) is 3.75. The molecule has 2 aliphatic heterocycles. The quantitative estimate of drug-likeness (QED) is 0.593. The van der Waals surface area contributed by atoms with Crippen LogP contribution in [0.4, 0.5) is 15.5 Å². The molecule has 10 heteroatoms. The zero-order chi connectivity index (χ0) is 20.6. The highest BCUT2D eigenvalue weighted by molar-refractivity contribution is 6.13. The summed E-state index contributed by atoms with van der Waals surface area (Å²) in [5.74, 6) is -0.0142. The number of urea groups is 1. The second kappa shape index (κ2) is 7.10. The fraction of sp³-hybridized carbons (Fsp3) is 0.500. The molecule has 1 aromatic heterocycles. The van der Waals surface area contributed by atoms with Crippen molar-refractivity contribution in [2.24, 2.45) is 0 Å². The number of rotatable bonds is 3. The standard InChI is InChI=1S/C18H24N6O4/c1-18(2,3)24(17(27)28)12-6-8-23(10-12)15-19-7-5-11(20-15)9-13-14(25)21-16(26)22(13)4/h5,7,9,12H,6,8,10H2,1-4H3,(H,27,28)(H,21,25,26). The topological polar surface area (TPSA) is 119 Å². The molecule has 4 amide bonds. The van der Waals surface area contributed by atoms with Crippen LogP contribution in [-0.4, -0.2) is 74.6 Å². The number of likely N-dealkylation sites (N-methyl/N-ethyl adjacent to an activating group) is 1. The van der Waals surface area contributed by atoms with Gasteiger partial charge in [-0.3, -0.25) is 19.9 Å². The smallest absolute Gasteiger partial charge is 0.408 e. The third-order valence-electron chi connectivity index (χ3n) is 4.81. The molecule has 0 spiro atoms. The number of aromatic nitrogens is 2. The van der Waals surface area contributed by atoms with Crippen LogP contribution in [0.2, 0.25) is 0 Å². The second-order valence-corrected chi connectivity index (χ2v) is 7.84. The summed E-state index contributed by atoms with van der Waals surface area (Å²) in [4.78, 5) is 48.5. The number of anilines is 1. The van der Waals surface area contributed by atoms with Crippen molar-refractivity contribution in [3.05, 3.63) is 23.7 Å². The zero-order valence-corrected chi connectivity index (χ0v) is 16.3. The summed E-state index contributed by atoms with van der Waals surface area (Å²) in [6, 6.07) is 1.00. The molecule has 1 unspecified atom stereocenters. The maximum Gasteiger partial charge on any atom is 0.408 e. The molecule has 0 aliphatic carbocycles. The van der Waals surface area contributed by atoms with E-state index in [2.05, 4.69) is 15.3 Å². The summed E-state index contributed by atoms with van der Waals surface area (Å²) in [7, 11) is 1.51. The zero-order valence-electron chi connectivity index (χ0n) is 16.3. The number of carbonyl (C=O) groups is 3. The van der Waals surface area contributed by atoms with Crippen molar-refractivity contribution >= 4 is 30.1 Å². The monoisotopic (exact) mass is 388 g/mol. The molecule has 0 bridgehead atoms. The van der Waals surface area contributed by atoms with Gasteiger partial charge in [-0.25, -0.2) is 19.6 Å². The summed E-state index contributed by atoms with van der Waals surface area (Å²) < 4.78 is 0. The molecule has 3 heterocycles. The minimum absolute atomic E-state index is 0.160. The highest BCUT2D eigenvalue weighted by Crippen LogP contribution is 2.26. The minimum Gasteiger partial charge on any atom is -0.465 e. The van der Waals surface area contributed by atoms with Crippen LogP contribution in [-0.2, 0) is 4.79 Å². The van der Waals surface area contributed by atoms with E-state index in [1.54, 1.807) is 12.3 Å². The summed E-state index contributed by atoms with van der Waals surface area (Å²) in [5.41, 5.74) is 0.192.